The zero-order chi connectivity index (χ0) is 15.2. The molecule has 1 saturated heterocycles. The van der Waals surface area contributed by atoms with Gasteiger partial charge in [-0.15, -0.1) is 10.2 Å². The molecule has 21 heavy (non-hydrogen) atoms. The number of piperidine rings is 1. The van der Waals surface area contributed by atoms with Gasteiger partial charge in [-0.3, -0.25) is 9.59 Å². The van der Waals surface area contributed by atoms with E-state index in [-0.39, 0.29) is 17.7 Å². The van der Waals surface area contributed by atoms with Crippen LogP contribution in [0.5, 0.6) is 0 Å². The molecule has 2 heterocycles. The van der Waals surface area contributed by atoms with Gasteiger partial charge in [-0.1, -0.05) is 36.9 Å². The Morgan fingerprint density at radius 1 is 1.29 bits per heavy atom. The minimum Gasteiger partial charge on any atom is -0.342 e. The van der Waals surface area contributed by atoms with E-state index in [1.165, 1.54) is 29.5 Å². The number of likely N-dealkylation sites (tertiary alicyclic amines) is 1. The first-order valence-corrected chi connectivity index (χ1v) is 8.91. The van der Waals surface area contributed by atoms with Gasteiger partial charge < -0.3 is 10.2 Å². The largest absolute Gasteiger partial charge is 0.342 e. The molecule has 1 aliphatic rings. The van der Waals surface area contributed by atoms with Crippen molar-refractivity contribution in [2.45, 2.75) is 37.4 Å². The van der Waals surface area contributed by atoms with Gasteiger partial charge in [-0.25, -0.2) is 0 Å². The summed E-state index contributed by atoms with van der Waals surface area (Å²) in [6.07, 6.45) is 3.41. The number of hydrogen-bond donors (Lipinski definition) is 1. The molecule has 0 spiro atoms. The Morgan fingerprint density at radius 3 is 2.67 bits per heavy atom. The van der Waals surface area contributed by atoms with Crippen molar-refractivity contribution in [3.05, 3.63) is 0 Å². The van der Waals surface area contributed by atoms with E-state index in [2.05, 4.69) is 15.5 Å². The first kappa shape index (κ1) is 16.2. The van der Waals surface area contributed by atoms with E-state index in [1.807, 2.05) is 18.7 Å². The number of rotatable bonds is 5. The van der Waals surface area contributed by atoms with Crippen LogP contribution in [-0.4, -0.2) is 45.8 Å². The van der Waals surface area contributed by atoms with E-state index >= 15 is 0 Å². The topological polar surface area (TPSA) is 75.2 Å². The average Bonchev–Trinajstić information content (AvgIpc) is 2.93. The Bertz CT molecular complexity index is 498. The van der Waals surface area contributed by atoms with Gasteiger partial charge in [-0.05, 0) is 19.3 Å². The van der Waals surface area contributed by atoms with Crippen LogP contribution in [0, 0.1) is 5.92 Å². The Labute approximate surface area is 132 Å². The van der Waals surface area contributed by atoms with Crippen molar-refractivity contribution >= 4 is 40.0 Å². The van der Waals surface area contributed by atoms with Gasteiger partial charge in [0.15, 0.2) is 4.34 Å². The summed E-state index contributed by atoms with van der Waals surface area (Å²) >= 11 is 2.69. The van der Waals surface area contributed by atoms with Gasteiger partial charge in [0.05, 0.1) is 5.75 Å². The molecule has 0 atom stereocenters. The maximum Gasteiger partial charge on any atom is 0.233 e. The van der Waals surface area contributed by atoms with Gasteiger partial charge >= 0.3 is 0 Å². The lowest BCUT2D eigenvalue weighted by atomic mass is 10.1. The molecule has 8 heteroatoms. The molecule has 1 fully saturated rings. The average molecular weight is 328 g/mol. The molecule has 0 unspecified atom stereocenters. The second-order valence-corrected chi connectivity index (χ2v) is 7.45. The lowest BCUT2D eigenvalue weighted by molar-refractivity contribution is -0.129. The Hall–Kier alpha value is -1.15. The standard InChI is InChI=1S/C13H20N4O2S2/c1-9(2)11(19)14-12-15-16-13(21-12)20-8-10(18)17-6-4-3-5-7-17/h9H,3-8H2,1-2H3,(H,14,15,19). The first-order chi connectivity index (χ1) is 10.1. The van der Waals surface area contributed by atoms with Crippen LogP contribution in [0.2, 0.25) is 0 Å². The molecule has 116 valence electrons. The SMILES string of the molecule is CC(C)C(=O)Nc1nnc(SCC(=O)N2CCCCC2)s1. The summed E-state index contributed by atoms with van der Waals surface area (Å²) in [5, 5.41) is 11.1. The van der Waals surface area contributed by atoms with Crippen LogP contribution < -0.4 is 5.32 Å². The van der Waals surface area contributed by atoms with E-state index in [0.717, 1.165) is 25.9 Å². The van der Waals surface area contributed by atoms with Crippen LogP contribution in [0.3, 0.4) is 0 Å². The summed E-state index contributed by atoms with van der Waals surface area (Å²) in [4.78, 5) is 25.5. The van der Waals surface area contributed by atoms with Crippen molar-refractivity contribution in [1.82, 2.24) is 15.1 Å². The van der Waals surface area contributed by atoms with E-state index in [9.17, 15) is 9.59 Å². The quantitative estimate of drug-likeness (QED) is 0.663. The van der Waals surface area contributed by atoms with Crippen LogP contribution in [-0.2, 0) is 9.59 Å². The number of hydrogen-bond acceptors (Lipinski definition) is 6. The normalized spacial score (nSPS) is 15.3. The summed E-state index contributed by atoms with van der Waals surface area (Å²) in [5.74, 6) is 0.368. The van der Waals surface area contributed by atoms with Crippen LogP contribution in [0.4, 0.5) is 5.13 Å². The molecule has 0 saturated carbocycles. The van der Waals surface area contributed by atoms with Crippen molar-refractivity contribution in [3.8, 4) is 0 Å². The summed E-state index contributed by atoms with van der Waals surface area (Å²) in [6, 6.07) is 0. The molecule has 1 N–H and O–H groups in total. The van der Waals surface area contributed by atoms with Crippen molar-refractivity contribution < 1.29 is 9.59 Å². The first-order valence-electron chi connectivity index (χ1n) is 7.11. The molecule has 0 aliphatic carbocycles. The maximum atomic E-state index is 12.0. The van der Waals surface area contributed by atoms with Crippen LogP contribution in [0.1, 0.15) is 33.1 Å². The van der Waals surface area contributed by atoms with Crippen molar-refractivity contribution in [1.29, 1.82) is 0 Å². The highest BCUT2D eigenvalue weighted by Gasteiger charge is 2.17. The highest BCUT2D eigenvalue weighted by Crippen LogP contribution is 2.26. The molecule has 1 aromatic rings. The summed E-state index contributed by atoms with van der Waals surface area (Å²) < 4.78 is 0.708. The lowest BCUT2D eigenvalue weighted by Crippen LogP contribution is -2.36. The highest BCUT2D eigenvalue weighted by atomic mass is 32.2. The monoisotopic (exact) mass is 328 g/mol. The number of thioether (sulfide) groups is 1. The fourth-order valence-corrected chi connectivity index (χ4v) is 3.58. The van der Waals surface area contributed by atoms with Crippen molar-refractivity contribution in [2.75, 3.05) is 24.2 Å². The molecule has 0 aromatic carbocycles. The number of anilines is 1. The Morgan fingerprint density at radius 2 is 2.00 bits per heavy atom. The molecule has 2 rings (SSSR count). The van der Waals surface area contributed by atoms with E-state index in [1.54, 1.807) is 0 Å². The van der Waals surface area contributed by atoms with E-state index in [4.69, 9.17) is 0 Å². The number of nitrogens with one attached hydrogen (secondary N) is 1. The van der Waals surface area contributed by atoms with E-state index in [0.29, 0.717) is 15.2 Å². The van der Waals surface area contributed by atoms with Gasteiger partial charge in [0.2, 0.25) is 16.9 Å². The van der Waals surface area contributed by atoms with Crippen molar-refractivity contribution in [2.24, 2.45) is 5.92 Å². The molecule has 0 radical (unpaired) electrons. The summed E-state index contributed by atoms with van der Waals surface area (Å²) in [6.45, 7) is 5.38. The number of carbonyl (C=O) groups is 2. The summed E-state index contributed by atoms with van der Waals surface area (Å²) in [5.41, 5.74) is 0. The van der Waals surface area contributed by atoms with Gasteiger partial charge in [0.25, 0.3) is 0 Å². The van der Waals surface area contributed by atoms with Gasteiger partial charge in [-0.2, -0.15) is 0 Å². The fraction of sp³-hybridized carbons (Fsp3) is 0.692. The predicted molar refractivity (Wildman–Crippen MR) is 84.5 cm³/mol. The zero-order valence-corrected chi connectivity index (χ0v) is 13.9. The smallest absolute Gasteiger partial charge is 0.233 e. The van der Waals surface area contributed by atoms with Crippen LogP contribution >= 0.6 is 23.1 Å². The highest BCUT2D eigenvalue weighted by molar-refractivity contribution is 8.01. The summed E-state index contributed by atoms with van der Waals surface area (Å²) in [7, 11) is 0. The third-order valence-corrected chi connectivity index (χ3v) is 5.15. The predicted octanol–water partition coefficient (Wildman–Crippen LogP) is 2.24. The second-order valence-electron chi connectivity index (χ2n) is 5.25. The molecule has 2 amide bonds. The number of amides is 2. The second kappa shape index (κ2) is 7.74. The van der Waals surface area contributed by atoms with Gasteiger partial charge in [0.1, 0.15) is 0 Å². The lowest BCUT2D eigenvalue weighted by Gasteiger charge is -2.26. The van der Waals surface area contributed by atoms with Gasteiger partial charge in [0, 0.05) is 19.0 Å². The molecule has 1 aromatic heterocycles. The molecule has 0 bridgehead atoms. The number of nitrogens with zero attached hydrogens (tertiary/aromatic N) is 3. The number of aromatic nitrogens is 2. The van der Waals surface area contributed by atoms with Crippen LogP contribution in [0.15, 0.2) is 4.34 Å². The third kappa shape index (κ3) is 4.96. The fourth-order valence-electron chi connectivity index (χ4n) is 1.93. The third-order valence-electron chi connectivity index (χ3n) is 3.19. The molecule has 1 aliphatic heterocycles. The van der Waals surface area contributed by atoms with E-state index < -0.39 is 0 Å². The molecular formula is C13H20N4O2S2. The number of carbonyl (C=O) groups excluding carboxylic acids is 2. The van der Waals surface area contributed by atoms with Crippen LogP contribution in [0.25, 0.3) is 0 Å². The Kier molecular flexibility index (Phi) is 5.98. The Balaban J connectivity index is 1.79. The minimum absolute atomic E-state index is 0.0768. The maximum absolute atomic E-state index is 12.0. The molecule has 6 nitrogen and oxygen atoms in total. The minimum atomic E-state index is -0.0920. The zero-order valence-electron chi connectivity index (χ0n) is 12.3. The van der Waals surface area contributed by atoms with Crippen molar-refractivity contribution in [3.63, 3.8) is 0 Å². The molecular weight excluding hydrogens is 308 g/mol.